The summed E-state index contributed by atoms with van der Waals surface area (Å²) in [5, 5.41) is 3.82. The van der Waals surface area contributed by atoms with E-state index in [4.69, 9.17) is 0 Å². The van der Waals surface area contributed by atoms with Crippen molar-refractivity contribution in [3.63, 3.8) is 0 Å². The van der Waals surface area contributed by atoms with Crippen LogP contribution < -0.4 is 5.32 Å². The quantitative estimate of drug-likeness (QED) is 0.675. The number of nitrogens with one attached hydrogen (secondary N) is 1. The summed E-state index contributed by atoms with van der Waals surface area (Å²) in [6.07, 6.45) is 11.4. The third-order valence-corrected chi connectivity index (χ3v) is 4.32. The molecule has 1 aliphatic rings. The summed E-state index contributed by atoms with van der Waals surface area (Å²) >= 11 is 0. The molecule has 1 nitrogen and oxygen atoms in total. The van der Waals surface area contributed by atoms with Gasteiger partial charge >= 0.3 is 0 Å². The minimum Gasteiger partial charge on any atom is -0.312 e. The van der Waals surface area contributed by atoms with Crippen molar-refractivity contribution in [2.24, 2.45) is 11.8 Å². The van der Waals surface area contributed by atoms with Crippen LogP contribution in [0.1, 0.15) is 79.1 Å². The topological polar surface area (TPSA) is 12.0 Å². The first-order valence-corrected chi connectivity index (χ1v) is 7.85. The van der Waals surface area contributed by atoms with Gasteiger partial charge in [-0.05, 0) is 44.9 Å². The third kappa shape index (κ3) is 6.45. The molecule has 0 amide bonds. The van der Waals surface area contributed by atoms with E-state index >= 15 is 0 Å². The van der Waals surface area contributed by atoms with Crippen LogP contribution in [0.5, 0.6) is 0 Å². The summed E-state index contributed by atoms with van der Waals surface area (Å²) in [4.78, 5) is 0. The van der Waals surface area contributed by atoms with E-state index in [0.29, 0.717) is 6.04 Å². The third-order valence-electron chi connectivity index (χ3n) is 4.32. The Morgan fingerprint density at radius 3 is 2.18 bits per heavy atom. The zero-order chi connectivity index (χ0) is 12.7. The molecule has 1 aliphatic carbocycles. The van der Waals surface area contributed by atoms with E-state index in [1.165, 1.54) is 51.4 Å². The van der Waals surface area contributed by atoms with Crippen LogP contribution in [0.2, 0.25) is 0 Å². The number of rotatable bonds is 7. The Morgan fingerprint density at radius 2 is 1.59 bits per heavy atom. The number of hydrogen-bond acceptors (Lipinski definition) is 1. The van der Waals surface area contributed by atoms with Crippen LogP contribution in [-0.2, 0) is 0 Å². The van der Waals surface area contributed by atoms with Gasteiger partial charge < -0.3 is 5.32 Å². The van der Waals surface area contributed by atoms with Gasteiger partial charge in [0.25, 0.3) is 0 Å². The highest BCUT2D eigenvalue weighted by atomic mass is 14.9. The molecular weight excluding hydrogens is 206 g/mol. The molecule has 17 heavy (non-hydrogen) atoms. The molecule has 2 atom stereocenters. The molecule has 0 bridgehead atoms. The first kappa shape index (κ1) is 15.0. The van der Waals surface area contributed by atoms with Gasteiger partial charge in [0, 0.05) is 12.1 Å². The van der Waals surface area contributed by atoms with Gasteiger partial charge in [-0.2, -0.15) is 0 Å². The standard InChI is InChI=1S/C16H33N/c1-13(2)9-8-10-14(3)17-15(4)16-11-6-5-7-12-16/h13-17H,5-12H2,1-4H3. The molecule has 0 aromatic rings. The van der Waals surface area contributed by atoms with Gasteiger partial charge in [-0.3, -0.25) is 0 Å². The molecule has 1 rings (SSSR count). The lowest BCUT2D eigenvalue weighted by molar-refractivity contribution is 0.262. The Morgan fingerprint density at radius 1 is 0.941 bits per heavy atom. The monoisotopic (exact) mass is 239 g/mol. The SMILES string of the molecule is CC(C)CCCC(C)NC(C)C1CCCCC1. The van der Waals surface area contributed by atoms with Crippen LogP contribution in [0.4, 0.5) is 0 Å². The van der Waals surface area contributed by atoms with Gasteiger partial charge in [0.05, 0.1) is 0 Å². The van der Waals surface area contributed by atoms with E-state index < -0.39 is 0 Å². The highest BCUT2D eigenvalue weighted by Gasteiger charge is 2.20. The maximum atomic E-state index is 3.82. The molecule has 1 saturated carbocycles. The molecule has 0 spiro atoms. The molecule has 0 saturated heterocycles. The summed E-state index contributed by atoms with van der Waals surface area (Å²) in [7, 11) is 0. The maximum Gasteiger partial charge on any atom is 0.00694 e. The summed E-state index contributed by atoms with van der Waals surface area (Å²) in [6, 6.07) is 1.43. The lowest BCUT2D eigenvalue weighted by atomic mass is 9.84. The average molecular weight is 239 g/mol. The number of hydrogen-bond donors (Lipinski definition) is 1. The molecular formula is C16H33N. The van der Waals surface area contributed by atoms with Gasteiger partial charge in [-0.15, -0.1) is 0 Å². The van der Waals surface area contributed by atoms with Crippen LogP contribution in [-0.4, -0.2) is 12.1 Å². The van der Waals surface area contributed by atoms with Gasteiger partial charge in [0.1, 0.15) is 0 Å². The molecule has 0 heterocycles. The van der Waals surface area contributed by atoms with Crippen LogP contribution in [0.25, 0.3) is 0 Å². The van der Waals surface area contributed by atoms with Crippen LogP contribution in [0.15, 0.2) is 0 Å². The minimum absolute atomic E-state index is 0.700. The van der Waals surface area contributed by atoms with E-state index in [9.17, 15) is 0 Å². The van der Waals surface area contributed by atoms with E-state index in [-0.39, 0.29) is 0 Å². The normalized spacial score (nSPS) is 21.7. The lowest BCUT2D eigenvalue weighted by Crippen LogP contribution is -2.40. The van der Waals surface area contributed by atoms with E-state index in [1.54, 1.807) is 0 Å². The fraction of sp³-hybridized carbons (Fsp3) is 1.00. The second kappa shape index (κ2) is 8.13. The smallest absolute Gasteiger partial charge is 0.00694 e. The Kier molecular flexibility index (Phi) is 7.18. The lowest BCUT2D eigenvalue weighted by Gasteiger charge is -2.30. The largest absolute Gasteiger partial charge is 0.312 e. The average Bonchev–Trinajstić information content (AvgIpc) is 2.29. The van der Waals surface area contributed by atoms with Crippen LogP contribution in [0.3, 0.4) is 0 Å². The predicted octanol–water partition coefficient (Wildman–Crippen LogP) is 4.76. The summed E-state index contributed by atoms with van der Waals surface area (Å²) in [5.41, 5.74) is 0. The minimum atomic E-state index is 0.700. The fourth-order valence-corrected chi connectivity index (χ4v) is 3.13. The van der Waals surface area contributed by atoms with Crippen molar-refractivity contribution in [1.29, 1.82) is 0 Å². The zero-order valence-electron chi connectivity index (χ0n) is 12.5. The van der Waals surface area contributed by atoms with Gasteiger partial charge in [0.15, 0.2) is 0 Å². The van der Waals surface area contributed by atoms with Gasteiger partial charge in [-0.25, -0.2) is 0 Å². The molecule has 0 aromatic heterocycles. The Labute approximate surface area is 109 Å². The fourth-order valence-electron chi connectivity index (χ4n) is 3.13. The van der Waals surface area contributed by atoms with Gasteiger partial charge in [0.2, 0.25) is 0 Å². The zero-order valence-corrected chi connectivity index (χ0v) is 12.5. The molecule has 1 fully saturated rings. The van der Waals surface area contributed by atoms with Crippen molar-refractivity contribution >= 4 is 0 Å². The Balaban J connectivity index is 2.13. The first-order chi connectivity index (χ1) is 8.09. The molecule has 0 aromatic carbocycles. The van der Waals surface area contributed by atoms with Crippen molar-refractivity contribution in [3.8, 4) is 0 Å². The van der Waals surface area contributed by atoms with E-state index in [0.717, 1.165) is 17.9 Å². The second-order valence-electron chi connectivity index (χ2n) is 6.58. The maximum absolute atomic E-state index is 3.82. The van der Waals surface area contributed by atoms with Crippen molar-refractivity contribution in [2.45, 2.75) is 91.1 Å². The van der Waals surface area contributed by atoms with E-state index in [1.807, 2.05) is 0 Å². The molecule has 2 unspecified atom stereocenters. The molecule has 1 N–H and O–H groups in total. The summed E-state index contributed by atoms with van der Waals surface area (Å²) < 4.78 is 0. The second-order valence-corrected chi connectivity index (χ2v) is 6.58. The molecule has 0 aliphatic heterocycles. The van der Waals surface area contributed by atoms with Crippen molar-refractivity contribution in [2.75, 3.05) is 0 Å². The first-order valence-electron chi connectivity index (χ1n) is 7.85. The molecule has 0 radical (unpaired) electrons. The summed E-state index contributed by atoms with van der Waals surface area (Å²) in [5.74, 6) is 1.80. The molecule has 1 heteroatoms. The van der Waals surface area contributed by atoms with Crippen LogP contribution in [0, 0.1) is 11.8 Å². The van der Waals surface area contributed by atoms with Crippen molar-refractivity contribution < 1.29 is 0 Å². The predicted molar refractivity (Wildman–Crippen MR) is 77.3 cm³/mol. The Bertz CT molecular complexity index is 182. The van der Waals surface area contributed by atoms with E-state index in [2.05, 4.69) is 33.0 Å². The highest BCUT2D eigenvalue weighted by molar-refractivity contribution is 4.78. The molecule has 102 valence electrons. The summed E-state index contributed by atoms with van der Waals surface area (Å²) in [6.45, 7) is 9.40. The highest BCUT2D eigenvalue weighted by Crippen LogP contribution is 2.26. The Hall–Kier alpha value is -0.0400. The van der Waals surface area contributed by atoms with Crippen molar-refractivity contribution in [3.05, 3.63) is 0 Å². The van der Waals surface area contributed by atoms with Crippen LogP contribution >= 0.6 is 0 Å². The van der Waals surface area contributed by atoms with Gasteiger partial charge in [-0.1, -0.05) is 46.0 Å². The van der Waals surface area contributed by atoms with Crippen molar-refractivity contribution in [1.82, 2.24) is 5.32 Å².